The highest BCUT2D eigenvalue weighted by atomic mass is 16.5. The molecule has 31 heavy (non-hydrogen) atoms. The molecule has 0 unspecified atom stereocenters. The van der Waals surface area contributed by atoms with Gasteiger partial charge in [0.2, 0.25) is 0 Å². The number of rotatable bonds is 7. The molecule has 0 saturated carbocycles. The van der Waals surface area contributed by atoms with Crippen LogP contribution in [-0.4, -0.2) is 51.1 Å². The number of amides is 1. The van der Waals surface area contributed by atoms with E-state index < -0.39 is 0 Å². The summed E-state index contributed by atoms with van der Waals surface area (Å²) in [5.41, 5.74) is 2.84. The molecule has 1 fully saturated rings. The molecule has 2 aromatic carbocycles. The van der Waals surface area contributed by atoms with Gasteiger partial charge in [-0.15, -0.1) is 0 Å². The fourth-order valence-corrected chi connectivity index (χ4v) is 3.63. The molecule has 166 valence electrons. The third kappa shape index (κ3) is 6.13. The first kappa shape index (κ1) is 22.5. The molecule has 0 bridgehead atoms. The van der Waals surface area contributed by atoms with Gasteiger partial charge in [0.25, 0.3) is 5.91 Å². The van der Waals surface area contributed by atoms with Gasteiger partial charge in [0.15, 0.2) is 5.96 Å². The summed E-state index contributed by atoms with van der Waals surface area (Å²) in [7, 11) is 5.01. The molecule has 1 saturated heterocycles. The second-order valence-corrected chi connectivity index (χ2v) is 7.51. The fourth-order valence-electron chi connectivity index (χ4n) is 3.63. The van der Waals surface area contributed by atoms with Crippen LogP contribution in [-0.2, 0) is 13.1 Å². The molecule has 2 aromatic rings. The molecule has 1 aliphatic heterocycles. The van der Waals surface area contributed by atoms with Crippen molar-refractivity contribution in [3.8, 4) is 11.5 Å². The molecule has 2 N–H and O–H groups in total. The third-order valence-corrected chi connectivity index (χ3v) is 5.47. The van der Waals surface area contributed by atoms with Gasteiger partial charge in [-0.3, -0.25) is 9.79 Å². The highest BCUT2D eigenvalue weighted by Gasteiger charge is 2.17. The minimum absolute atomic E-state index is 0.130. The van der Waals surface area contributed by atoms with Gasteiger partial charge in [-0.1, -0.05) is 12.1 Å². The van der Waals surface area contributed by atoms with E-state index in [1.807, 2.05) is 47.4 Å². The van der Waals surface area contributed by atoms with Crippen molar-refractivity contribution < 1.29 is 14.3 Å². The Morgan fingerprint density at radius 3 is 2.32 bits per heavy atom. The quantitative estimate of drug-likeness (QED) is 0.527. The Labute approximate surface area is 184 Å². The Hall–Kier alpha value is -3.22. The maximum atomic E-state index is 12.6. The average molecular weight is 425 g/mol. The van der Waals surface area contributed by atoms with Crippen molar-refractivity contribution in [1.29, 1.82) is 0 Å². The molecular formula is C24H32N4O3. The molecule has 0 aromatic heterocycles. The number of benzene rings is 2. The van der Waals surface area contributed by atoms with Crippen LogP contribution in [0.3, 0.4) is 0 Å². The Kier molecular flexibility index (Phi) is 8.15. The summed E-state index contributed by atoms with van der Waals surface area (Å²) in [6, 6.07) is 13.5. The van der Waals surface area contributed by atoms with E-state index in [2.05, 4.69) is 15.6 Å². The van der Waals surface area contributed by atoms with Crippen molar-refractivity contribution in [2.24, 2.45) is 4.99 Å². The molecule has 0 radical (unpaired) electrons. The molecule has 7 nitrogen and oxygen atoms in total. The van der Waals surface area contributed by atoms with Gasteiger partial charge < -0.3 is 25.0 Å². The molecule has 0 spiro atoms. The van der Waals surface area contributed by atoms with E-state index in [9.17, 15) is 4.79 Å². The molecule has 3 rings (SSSR count). The van der Waals surface area contributed by atoms with Crippen LogP contribution in [0.4, 0.5) is 0 Å². The van der Waals surface area contributed by atoms with Crippen LogP contribution in [0.25, 0.3) is 0 Å². The number of piperidine rings is 1. The standard InChI is InChI=1S/C24H32N4O3/c1-25-24(27-17-20-11-12-21(30-2)15-22(20)31-3)26-16-18-7-9-19(10-8-18)23(29)28-13-5-4-6-14-28/h7-12,15H,4-6,13-14,16-17H2,1-3H3,(H2,25,26,27). The Morgan fingerprint density at radius 1 is 0.968 bits per heavy atom. The topological polar surface area (TPSA) is 75.2 Å². The normalized spacial score (nSPS) is 14.2. The first-order valence-corrected chi connectivity index (χ1v) is 10.7. The summed E-state index contributed by atoms with van der Waals surface area (Å²) in [5.74, 6) is 2.33. The molecule has 0 aliphatic carbocycles. The highest BCUT2D eigenvalue weighted by molar-refractivity contribution is 5.94. The fraction of sp³-hybridized carbons (Fsp3) is 0.417. The summed E-state index contributed by atoms with van der Waals surface area (Å²) >= 11 is 0. The zero-order valence-electron chi connectivity index (χ0n) is 18.6. The lowest BCUT2D eigenvalue weighted by atomic mass is 10.1. The second-order valence-electron chi connectivity index (χ2n) is 7.51. The molecule has 1 heterocycles. The third-order valence-electron chi connectivity index (χ3n) is 5.47. The average Bonchev–Trinajstić information content (AvgIpc) is 2.84. The number of hydrogen-bond donors (Lipinski definition) is 2. The number of aliphatic imine (C=N–C) groups is 1. The van der Waals surface area contributed by atoms with Crippen molar-refractivity contribution in [3.05, 3.63) is 59.2 Å². The minimum Gasteiger partial charge on any atom is -0.497 e. The van der Waals surface area contributed by atoms with Gasteiger partial charge in [-0.05, 0) is 49.1 Å². The van der Waals surface area contributed by atoms with Crippen LogP contribution in [0, 0.1) is 0 Å². The first-order valence-electron chi connectivity index (χ1n) is 10.7. The van der Waals surface area contributed by atoms with Gasteiger partial charge in [0, 0.05) is 50.4 Å². The van der Waals surface area contributed by atoms with Crippen molar-refractivity contribution in [2.75, 3.05) is 34.4 Å². The number of ether oxygens (including phenoxy) is 2. The lowest BCUT2D eigenvalue weighted by molar-refractivity contribution is 0.0724. The van der Waals surface area contributed by atoms with Gasteiger partial charge in [0.1, 0.15) is 11.5 Å². The van der Waals surface area contributed by atoms with Crippen LogP contribution in [0.1, 0.15) is 40.7 Å². The predicted molar refractivity (Wildman–Crippen MR) is 123 cm³/mol. The van der Waals surface area contributed by atoms with E-state index in [1.54, 1.807) is 21.3 Å². The SMILES string of the molecule is CN=C(NCc1ccc(C(=O)N2CCCCC2)cc1)NCc1ccc(OC)cc1OC. The smallest absolute Gasteiger partial charge is 0.253 e. The number of hydrogen-bond acceptors (Lipinski definition) is 4. The van der Waals surface area contributed by atoms with Crippen LogP contribution in [0.5, 0.6) is 11.5 Å². The van der Waals surface area contributed by atoms with Gasteiger partial charge in [-0.2, -0.15) is 0 Å². The zero-order chi connectivity index (χ0) is 22.1. The number of methoxy groups -OCH3 is 2. The lowest BCUT2D eigenvalue weighted by Crippen LogP contribution is -2.36. The molecule has 7 heteroatoms. The molecule has 1 amide bonds. The van der Waals surface area contributed by atoms with E-state index in [4.69, 9.17) is 9.47 Å². The van der Waals surface area contributed by atoms with Crippen molar-refractivity contribution >= 4 is 11.9 Å². The van der Waals surface area contributed by atoms with Crippen LogP contribution in [0.15, 0.2) is 47.5 Å². The van der Waals surface area contributed by atoms with Crippen molar-refractivity contribution in [1.82, 2.24) is 15.5 Å². The number of likely N-dealkylation sites (tertiary alicyclic amines) is 1. The van der Waals surface area contributed by atoms with Crippen LogP contribution >= 0.6 is 0 Å². The second kappa shape index (κ2) is 11.2. The predicted octanol–water partition coefficient (Wildman–Crippen LogP) is 3.20. The summed E-state index contributed by atoms with van der Waals surface area (Å²) in [5, 5.41) is 6.60. The van der Waals surface area contributed by atoms with Gasteiger partial charge >= 0.3 is 0 Å². The van der Waals surface area contributed by atoms with Crippen molar-refractivity contribution in [2.45, 2.75) is 32.4 Å². The van der Waals surface area contributed by atoms with E-state index >= 15 is 0 Å². The highest BCUT2D eigenvalue weighted by Crippen LogP contribution is 2.24. The number of nitrogens with zero attached hydrogens (tertiary/aromatic N) is 2. The summed E-state index contributed by atoms with van der Waals surface area (Å²) in [4.78, 5) is 18.8. The number of guanidine groups is 1. The van der Waals surface area contributed by atoms with Crippen LogP contribution in [0.2, 0.25) is 0 Å². The lowest BCUT2D eigenvalue weighted by Gasteiger charge is -2.26. The van der Waals surface area contributed by atoms with Crippen molar-refractivity contribution in [3.63, 3.8) is 0 Å². The monoisotopic (exact) mass is 424 g/mol. The first-order chi connectivity index (χ1) is 15.1. The maximum Gasteiger partial charge on any atom is 0.253 e. The van der Waals surface area contributed by atoms with Crippen LogP contribution < -0.4 is 20.1 Å². The minimum atomic E-state index is 0.130. The van der Waals surface area contributed by atoms with Gasteiger partial charge in [-0.25, -0.2) is 0 Å². The number of carbonyl (C=O) groups is 1. The molecule has 0 atom stereocenters. The maximum absolute atomic E-state index is 12.6. The summed E-state index contributed by atoms with van der Waals surface area (Å²) in [6.07, 6.45) is 3.42. The summed E-state index contributed by atoms with van der Waals surface area (Å²) in [6.45, 7) is 2.90. The van der Waals surface area contributed by atoms with Gasteiger partial charge in [0.05, 0.1) is 14.2 Å². The Balaban J connectivity index is 1.52. The number of nitrogens with one attached hydrogen (secondary N) is 2. The van der Waals surface area contributed by atoms with E-state index in [0.29, 0.717) is 19.0 Å². The Bertz CT molecular complexity index is 890. The molecular weight excluding hydrogens is 392 g/mol. The zero-order valence-corrected chi connectivity index (χ0v) is 18.6. The van der Waals surface area contributed by atoms with E-state index in [-0.39, 0.29) is 5.91 Å². The Morgan fingerprint density at radius 2 is 1.68 bits per heavy atom. The van der Waals surface area contributed by atoms with E-state index in [0.717, 1.165) is 54.1 Å². The summed E-state index contributed by atoms with van der Waals surface area (Å²) < 4.78 is 10.7. The molecule has 1 aliphatic rings. The van der Waals surface area contributed by atoms with E-state index in [1.165, 1.54) is 6.42 Å². The largest absolute Gasteiger partial charge is 0.497 e. The number of carbonyl (C=O) groups excluding carboxylic acids is 1.